The molecular formula is C27H27N9O2. The summed E-state index contributed by atoms with van der Waals surface area (Å²) in [5.41, 5.74) is 2.85. The van der Waals surface area contributed by atoms with Gasteiger partial charge in [-0.2, -0.15) is 0 Å². The summed E-state index contributed by atoms with van der Waals surface area (Å²) < 4.78 is 1.57. The van der Waals surface area contributed by atoms with E-state index in [0.717, 1.165) is 18.8 Å². The molecule has 1 aliphatic heterocycles. The number of nitrogens with zero attached hydrogens (tertiary/aromatic N) is 7. The summed E-state index contributed by atoms with van der Waals surface area (Å²) in [7, 11) is 1.73. The standard InChI is InChI=1S/C27H27N9O2/c1-18-16-35(20-8-6-19(7-9-20)25(28)33-26(38)22-5-3-4-11-30-22)13-14-36(18)27-32-23(15-24(37)34(27)2)21-10-12-29-17-31-21/h3-12,15,17-18H,13-14,16H2,1-2H3,(H2,28,33,38)/t18-/m1/s1. The van der Waals surface area contributed by atoms with Crippen LogP contribution >= 0.6 is 0 Å². The van der Waals surface area contributed by atoms with Crippen molar-refractivity contribution in [3.8, 4) is 11.4 Å². The number of hydrogen-bond donors (Lipinski definition) is 2. The lowest BCUT2D eigenvalue weighted by Crippen LogP contribution is -2.53. The minimum absolute atomic E-state index is 0.0148. The van der Waals surface area contributed by atoms with Gasteiger partial charge in [-0.25, -0.2) is 15.0 Å². The number of hydrogen-bond acceptors (Lipinski definition) is 9. The molecule has 0 unspecified atom stereocenters. The molecule has 4 aromatic rings. The van der Waals surface area contributed by atoms with E-state index in [1.54, 1.807) is 48.3 Å². The number of aromatic nitrogens is 5. The number of rotatable bonds is 5. The lowest BCUT2D eigenvalue weighted by atomic mass is 10.1. The van der Waals surface area contributed by atoms with Crippen molar-refractivity contribution in [1.29, 1.82) is 5.41 Å². The van der Waals surface area contributed by atoms with E-state index in [0.29, 0.717) is 29.4 Å². The Morgan fingerprint density at radius 1 is 1.03 bits per heavy atom. The maximum absolute atomic E-state index is 12.7. The van der Waals surface area contributed by atoms with Crippen molar-refractivity contribution in [3.63, 3.8) is 0 Å². The minimum atomic E-state index is -0.420. The molecule has 1 aromatic carbocycles. The Balaban J connectivity index is 1.27. The van der Waals surface area contributed by atoms with Crippen LogP contribution in [0.5, 0.6) is 0 Å². The fourth-order valence-electron chi connectivity index (χ4n) is 4.43. The Kier molecular flexibility index (Phi) is 6.90. The third kappa shape index (κ3) is 5.12. The molecule has 1 amide bonds. The van der Waals surface area contributed by atoms with Gasteiger partial charge < -0.3 is 15.1 Å². The molecule has 1 saturated heterocycles. The molecule has 11 nitrogen and oxygen atoms in total. The fraction of sp³-hybridized carbons (Fsp3) is 0.222. The van der Waals surface area contributed by atoms with Gasteiger partial charge in [0.15, 0.2) is 0 Å². The molecule has 4 heterocycles. The van der Waals surface area contributed by atoms with Crippen molar-refractivity contribution in [2.75, 3.05) is 29.4 Å². The van der Waals surface area contributed by atoms with Gasteiger partial charge in [0.2, 0.25) is 5.95 Å². The highest BCUT2D eigenvalue weighted by molar-refractivity contribution is 6.10. The van der Waals surface area contributed by atoms with E-state index >= 15 is 0 Å². The number of anilines is 2. The number of carbonyl (C=O) groups is 1. The first-order valence-electron chi connectivity index (χ1n) is 12.2. The van der Waals surface area contributed by atoms with Gasteiger partial charge in [0.25, 0.3) is 11.5 Å². The Morgan fingerprint density at radius 2 is 1.84 bits per heavy atom. The van der Waals surface area contributed by atoms with E-state index in [4.69, 9.17) is 10.4 Å². The molecule has 0 spiro atoms. The highest BCUT2D eigenvalue weighted by atomic mass is 16.2. The number of pyridine rings is 1. The predicted molar refractivity (Wildman–Crippen MR) is 144 cm³/mol. The van der Waals surface area contributed by atoms with Crippen molar-refractivity contribution >= 4 is 23.4 Å². The van der Waals surface area contributed by atoms with Gasteiger partial charge in [0.1, 0.15) is 17.9 Å². The van der Waals surface area contributed by atoms with Crippen LogP contribution in [0, 0.1) is 5.41 Å². The zero-order chi connectivity index (χ0) is 26.6. The SMILES string of the molecule is C[C@@H]1CN(c2ccc(C(=N)NC(=O)c3ccccn3)cc2)CCN1c1nc(-c2ccncn2)cc(=O)n1C. The summed E-state index contributed by atoms with van der Waals surface area (Å²) in [5, 5.41) is 10.9. The Hall–Kier alpha value is -4.93. The van der Waals surface area contributed by atoms with Crippen molar-refractivity contribution in [3.05, 3.63) is 94.9 Å². The number of carbonyl (C=O) groups excluding carboxylic acids is 1. The second-order valence-corrected chi connectivity index (χ2v) is 9.01. The number of amides is 1. The van der Waals surface area contributed by atoms with Crippen LogP contribution in [0.4, 0.5) is 11.6 Å². The van der Waals surface area contributed by atoms with Crippen molar-refractivity contribution in [2.45, 2.75) is 13.0 Å². The molecule has 38 heavy (non-hydrogen) atoms. The van der Waals surface area contributed by atoms with Crippen LogP contribution < -0.4 is 20.7 Å². The summed E-state index contributed by atoms with van der Waals surface area (Å²) in [6.07, 6.45) is 4.61. The molecule has 1 atom stereocenters. The van der Waals surface area contributed by atoms with E-state index in [1.165, 1.54) is 12.4 Å². The highest BCUT2D eigenvalue weighted by Gasteiger charge is 2.27. The third-order valence-electron chi connectivity index (χ3n) is 6.50. The number of piperazine rings is 1. The van der Waals surface area contributed by atoms with E-state index in [-0.39, 0.29) is 23.1 Å². The summed E-state index contributed by atoms with van der Waals surface area (Å²) in [5.74, 6) is 0.197. The topological polar surface area (TPSA) is 133 Å². The predicted octanol–water partition coefficient (Wildman–Crippen LogP) is 2.10. The maximum atomic E-state index is 12.7. The molecular weight excluding hydrogens is 482 g/mol. The molecule has 1 aliphatic rings. The second kappa shape index (κ2) is 10.6. The molecule has 0 aliphatic carbocycles. The van der Waals surface area contributed by atoms with Crippen LogP contribution in [0.15, 0.2) is 78.1 Å². The smallest absolute Gasteiger partial charge is 0.275 e. The molecule has 5 rings (SSSR count). The Labute approximate surface area is 219 Å². The van der Waals surface area contributed by atoms with Crippen LogP contribution in [0.25, 0.3) is 11.4 Å². The van der Waals surface area contributed by atoms with E-state index in [9.17, 15) is 9.59 Å². The lowest BCUT2D eigenvalue weighted by Gasteiger charge is -2.42. The molecule has 0 radical (unpaired) electrons. The fourth-order valence-corrected chi connectivity index (χ4v) is 4.43. The number of amidine groups is 1. The van der Waals surface area contributed by atoms with Crippen LogP contribution in [0.3, 0.4) is 0 Å². The Morgan fingerprint density at radius 3 is 2.53 bits per heavy atom. The van der Waals surface area contributed by atoms with Gasteiger partial charge in [-0.3, -0.25) is 24.5 Å². The zero-order valence-corrected chi connectivity index (χ0v) is 21.1. The van der Waals surface area contributed by atoms with Gasteiger partial charge in [-0.1, -0.05) is 6.07 Å². The van der Waals surface area contributed by atoms with Crippen LogP contribution in [-0.2, 0) is 7.05 Å². The Bertz CT molecular complexity index is 1510. The summed E-state index contributed by atoms with van der Waals surface area (Å²) in [6, 6.07) is 15.9. The van der Waals surface area contributed by atoms with Crippen LogP contribution in [-0.4, -0.2) is 61.9 Å². The average Bonchev–Trinajstić information content (AvgIpc) is 2.95. The third-order valence-corrected chi connectivity index (χ3v) is 6.50. The zero-order valence-electron chi connectivity index (χ0n) is 21.1. The molecule has 2 N–H and O–H groups in total. The summed E-state index contributed by atoms with van der Waals surface area (Å²) in [6.45, 7) is 4.23. The van der Waals surface area contributed by atoms with E-state index in [1.807, 2.05) is 24.3 Å². The largest absolute Gasteiger partial charge is 0.368 e. The quantitative estimate of drug-likeness (QED) is 0.309. The number of nitrogens with one attached hydrogen (secondary N) is 2. The van der Waals surface area contributed by atoms with Crippen LogP contribution in [0.1, 0.15) is 23.0 Å². The first-order chi connectivity index (χ1) is 18.4. The van der Waals surface area contributed by atoms with Gasteiger partial charge in [0, 0.05) is 62.4 Å². The normalized spacial score (nSPS) is 15.3. The highest BCUT2D eigenvalue weighted by Crippen LogP contribution is 2.24. The van der Waals surface area contributed by atoms with Gasteiger partial charge in [-0.15, -0.1) is 0 Å². The van der Waals surface area contributed by atoms with Crippen molar-refractivity contribution in [2.24, 2.45) is 7.05 Å². The van der Waals surface area contributed by atoms with Crippen LogP contribution in [0.2, 0.25) is 0 Å². The van der Waals surface area contributed by atoms with Gasteiger partial charge in [-0.05, 0) is 49.4 Å². The molecule has 3 aromatic heterocycles. The molecule has 192 valence electrons. The first kappa shape index (κ1) is 24.8. The second-order valence-electron chi connectivity index (χ2n) is 9.01. The first-order valence-corrected chi connectivity index (χ1v) is 12.2. The molecule has 0 bridgehead atoms. The summed E-state index contributed by atoms with van der Waals surface area (Å²) in [4.78, 5) is 46.4. The van der Waals surface area contributed by atoms with E-state index in [2.05, 4.69) is 37.0 Å². The molecule has 0 saturated carbocycles. The molecule has 11 heteroatoms. The maximum Gasteiger partial charge on any atom is 0.275 e. The van der Waals surface area contributed by atoms with Crippen molar-refractivity contribution < 1.29 is 4.79 Å². The van der Waals surface area contributed by atoms with Gasteiger partial charge >= 0.3 is 0 Å². The average molecular weight is 510 g/mol. The summed E-state index contributed by atoms with van der Waals surface area (Å²) >= 11 is 0. The number of benzene rings is 1. The minimum Gasteiger partial charge on any atom is -0.368 e. The van der Waals surface area contributed by atoms with Crippen molar-refractivity contribution in [1.82, 2.24) is 29.8 Å². The monoisotopic (exact) mass is 509 g/mol. The van der Waals surface area contributed by atoms with E-state index < -0.39 is 5.91 Å². The van der Waals surface area contributed by atoms with Gasteiger partial charge in [0.05, 0.1) is 11.4 Å². The lowest BCUT2D eigenvalue weighted by molar-refractivity contribution is 0.0972. The molecule has 1 fully saturated rings.